The first-order valence-corrected chi connectivity index (χ1v) is 7.53. The first kappa shape index (κ1) is 14.5. The fourth-order valence-corrected chi connectivity index (χ4v) is 3.58. The van der Waals surface area contributed by atoms with Gasteiger partial charge in [0, 0.05) is 9.30 Å². The van der Waals surface area contributed by atoms with E-state index in [0.29, 0.717) is 0 Å². The fourth-order valence-electron chi connectivity index (χ4n) is 1.87. The van der Waals surface area contributed by atoms with Gasteiger partial charge < -0.3 is 4.74 Å². The molecule has 19 heavy (non-hydrogen) atoms. The highest BCUT2D eigenvalue weighted by atomic mass is 79.9. The van der Waals surface area contributed by atoms with Crippen LogP contribution in [0.1, 0.15) is 16.0 Å². The van der Waals surface area contributed by atoms with Crippen LogP contribution >= 0.6 is 31.9 Å². The molecular weight excluding hydrogens is 375 g/mol. The Bertz CT molecular complexity index is 572. The van der Waals surface area contributed by atoms with Gasteiger partial charge in [-0.05, 0) is 41.8 Å². The molecule has 0 amide bonds. The molecule has 0 aliphatic rings. The van der Waals surface area contributed by atoms with Gasteiger partial charge in [-0.25, -0.2) is 4.39 Å². The zero-order valence-corrected chi connectivity index (χ0v) is 13.5. The summed E-state index contributed by atoms with van der Waals surface area (Å²) < 4.78 is 19.3. The minimum Gasteiger partial charge on any atom is -0.497 e. The number of halogens is 3. The number of hydrogen-bond acceptors (Lipinski definition) is 1. The molecule has 0 fully saturated rings. The number of alkyl halides is 1. The highest BCUT2D eigenvalue weighted by Crippen LogP contribution is 2.34. The zero-order chi connectivity index (χ0) is 13.8. The van der Waals surface area contributed by atoms with Gasteiger partial charge in [-0.1, -0.05) is 50.1 Å². The average molecular weight is 388 g/mol. The first-order valence-electron chi connectivity index (χ1n) is 5.82. The molecule has 2 rings (SSSR count). The molecule has 1 atom stereocenters. The molecule has 0 saturated carbocycles. The average Bonchev–Trinajstić information content (AvgIpc) is 2.38. The Kier molecular flexibility index (Phi) is 4.99. The van der Waals surface area contributed by atoms with Crippen LogP contribution in [0.2, 0.25) is 0 Å². The molecular formula is C15H13Br2FO. The Hall–Kier alpha value is -0.870. The molecule has 0 bridgehead atoms. The van der Waals surface area contributed by atoms with Crippen LogP contribution in [0.3, 0.4) is 0 Å². The Balaban J connectivity index is 2.18. The summed E-state index contributed by atoms with van der Waals surface area (Å²) in [6.45, 7) is 0. The van der Waals surface area contributed by atoms with E-state index in [1.54, 1.807) is 19.2 Å². The van der Waals surface area contributed by atoms with Crippen LogP contribution in [-0.2, 0) is 6.42 Å². The van der Waals surface area contributed by atoms with Gasteiger partial charge in [0.1, 0.15) is 11.6 Å². The topological polar surface area (TPSA) is 9.23 Å². The number of benzene rings is 2. The fraction of sp³-hybridized carbons (Fsp3) is 0.200. The predicted octanol–water partition coefficient (Wildman–Crippen LogP) is 5.28. The number of methoxy groups -OCH3 is 1. The SMILES string of the molecule is COc1ccc(C(Br)Cc2cccc(F)c2)c(Br)c1. The second-order valence-electron chi connectivity index (χ2n) is 4.19. The van der Waals surface area contributed by atoms with Crippen molar-refractivity contribution >= 4 is 31.9 Å². The molecule has 0 aliphatic carbocycles. The Labute approximate surface area is 129 Å². The van der Waals surface area contributed by atoms with Gasteiger partial charge in [0.2, 0.25) is 0 Å². The molecule has 0 aliphatic heterocycles. The normalized spacial score (nSPS) is 12.2. The van der Waals surface area contributed by atoms with Gasteiger partial charge in [0.15, 0.2) is 0 Å². The van der Waals surface area contributed by atoms with Crippen molar-refractivity contribution in [3.8, 4) is 5.75 Å². The quantitative estimate of drug-likeness (QED) is 0.649. The molecule has 0 radical (unpaired) electrons. The lowest BCUT2D eigenvalue weighted by Gasteiger charge is -2.13. The molecule has 0 saturated heterocycles. The second-order valence-corrected chi connectivity index (χ2v) is 6.15. The highest BCUT2D eigenvalue weighted by Gasteiger charge is 2.13. The van der Waals surface area contributed by atoms with Gasteiger partial charge in [-0.3, -0.25) is 0 Å². The monoisotopic (exact) mass is 386 g/mol. The molecule has 1 unspecified atom stereocenters. The number of hydrogen-bond donors (Lipinski definition) is 0. The van der Waals surface area contributed by atoms with E-state index >= 15 is 0 Å². The second kappa shape index (κ2) is 6.53. The minimum absolute atomic E-state index is 0.120. The van der Waals surface area contributed by atoms with Gasteiger partial charge in [-0.15, -0.1) is 0 Å². The summed E-state index contributed by atoms with van der Waals surface area (Å²) in [5, 5.41) is 0. The summed E-state index contributed by atoms with van der Waals surface area (Å²) in [6.07, 6.45) is 0.725. The zero-order valence-electron chi connectivity index (χ0n) is 10.4. The number of ether oxygens (including phenoxy) is 1. The molecule has 2 aromatic rings. The third-order valence-corrected chi connectivity index (χ3v) is 4.35. The lowest BCUT2D eigenvalue weighted by atomic mass is 10.0. The van der Waals surface area contributed by atoms with Crippen molar-refractivity contribution in [1.82, 2.24) is 0 Å². The van der Waals surface area contributed by atoms with Crippen LogP contribution in [0.4, 0.5) is 4.39 Å². The predicted molar refractivity (Wildman–Crippen MR) is 82.5 cm³/mol. The van der Waals surface area contributed by atoms with E-state index < -0.39 is 0 Å². The molecule has 0 heterocycles. The van der Waals surface area contributed by atoms with E-state index in [1.807, 2.05) is 24.3 Å². The Morgan fingerprint density at radius 3 is 2.63 bits per heavy atom. The van der Waals surface area contributed by atoms with E-state index in [1.165, 1.54) is 6.07 Å². The molecule has 4 heteroatoms. The van der Waals surface area contributed by atoms with Crippen LogP contribution in [-0.4, -0.2) is 7.11 Å². The number of rotatable bonds is 4. The van der Waals surface area contributed by atoms with Crippen LogP contribution < -0.4 is 4.74 Å². The molecule has 2 aromatic carbocycles. The first-order chi connectivity index (χ1) is 9.10. The molecule has 1 nitrogen and oxygen atoms in total. The largest absolute Gasteiger partial charge is 0.497 e. The molecule has 0 spiro atoms. The maximum atomic E-state index is 13.2. The third kappa shape index (κ3) is 3.80. The maximum Gasteiger partial charge on any atom is 0.123 e. The molecule has 0 N–H and O–H groups in total. The maximum absolute atomic E-state index is 13.2. The van der Waals surface area contributed by atoms with E-state index in [9.17, 15) is 4.39 Å². The summed E-state index contributed by atoms with van der Waals surface area (Å²) in [4.78, 5) is 0.120. The van der Waals surface area contributed by atoms with Crippen LogP contribution in [0.15, 0.2) is 46.9 Å². The summed E-state index contributed by atoms with van der Waals surface area (Å²) in [7, 11) is 1.64. The lowest BCUT2D eigenvalue weighted by Crippen LogP contribution is -1.97. The smallest absolute Gasteiger partial charge is 0.123 e. The summed E-state index contributed by atoms with van der Waals surface area (Å²) >= 11 is 7.18. The van der Waals surface area contributed by atoms with Crippen molar-refractivity contribution in [3.63, 3.8) is 0 Å². The van der Waals surface area contributed by atoms with Gasteiger partial charge in [-0.2, -0.15) is 0 Å². The van der Waals surface area contributed by atoms with Crippen LogP contribution in [0.5, 0.6) is 5.75 Å². The van der Waals surface area contributed by atoms with Crippen molar-refractivity contribution in [2.45, 2.75) is 11.2 Å². The van der Waals surface area contributed by atoms with Gasteiger partial charge >= 0.3 is 0 Å². The van der Waals surface area contributed by atoms with Crippen molar-refractivity contribution in [1.29, 1.82) is 0 Å². The molecule has 0 aromatic heterocycles. The van der Waals surface area contributed by atoms with Crippen LogP contribution in [0.25, 0.3) is 0 Å². The molecule has 100 valence electrons. The Morgan fingerprint density at radius 2 is 2.00 bits per heavy atom. The standard InChI is InChI=1S/C15H13Br2FO/c1-19-12-5-6-13(15(17)9-12)14(16)8-10-3-2-4-11(18)7-10/h2-7,9,14H,8H2,1H3. The van der Waals surface area contributed by atoms with Gasteiger partial charge in [0.25, 0.3) is 0 Å². The lowest BCUT2D eigenvalue weighted by molar-refractivity contribution is 0.414. The van der Waals surface area contributed by atoms with Gasteiger partial charge in [0.05, 0.1) is 7.11 Å². The van der Waals surface area contributed by atoms with Crippen LogP contribution in [0, 0.1) is 5.82 Å². The van der Waals surface area contributed by atoms with Crippen molar-refractivity contribution < 1.29 is 9.13 Å². The summed E-state index contributed by atoms with van der Waals surface area (Å²) in [5.41, 5.74) is 2.08. The van der Waals surface area contributed by atoms with Crippen molar-refractivity contribution in [2.75, 3.05) is 7.11 Å². The highest BCUT2D eigenvalue weighted by molar-refractivity contribution is 9.11. The minimum atomic E-state index is -0.203. The van der Waals surface area contributed by atoms with E-state index in [4.69, 9.17) is 4.74 Å². The Morgan fingerprint density at radius 1 is 1.21 bits per heavy atom. The summed E-state index contributed by atoms with van der Waals surface area (Å²) in [6, 6.07) is 12.5. The third-order valence-electron chi connectivity index (χ3n) is 2.85. The summed E-state index contributed by atoms with van der Waals surface area (Å²) in [5.74, 6) is 0.604. The van der Waals surface area contributed by atoms with E-state index in [2.05, 4.69) is 31.9 Å². The van der Waals surface area contributed by atoms with Crippen molar-refractivity contribution in [2.24, 2.45) is 0 Å². The van der Waals surface area contributed by atoms with E-state index in [0.717, 1.165) is 27.8 Å². The van der Waals surface area contributed by atoms with Crippen molar-refractivity contribution in [3.05, 3.63) is 63.9 Å². The van der Waals surface area contributed by atoms with E-state index in [-0.39, 0.29) is 10.6 Å².